The number of nitrogens with zero attached hydrogens (tertiary/aromatic N) is 3. The van der Waals surface area contributed by atoms with E-state index in [4.69, 9.17) is 0 Å². The molecule has 1 aromatic rings. The molecule has 0 aromatic carbocycles. The average Bonchev–Trinajstić information content (AvgIpc) is 2.60. The van der Waals surface area contributed by atoms with Gasteiger partial charge in [0.1, 0.15) is 5.82 Å². The van der Waals surface area contributed by atoms with E-state index < -0.39 is 10.0 Å². The molecule has 2 rings (SSSR count). The molecule has 1 unspecified atom stereocenters. The lowest BCUT2D eigenvalue weighted by Crippen LogP contribution is -2.41. The largest absolute Gasteiger partial charge is 0.370 e. The molecule has 7 heteroatoms. The van der Waals surface area contributed by atoms with Crippen molar-refractivity contribution < 1.29 is 8.42 Å². The minimum Gasteiger partial charge on any atom is -0.370 e. The van der Waals surface area contributed by atoms with E-state index in [2.05, 4.69) is 15.2 Å². The molecule has 21 heavy (non-hydrogen) atoms. The molecule has 0 saturated carbocycles. The van der Waals surface area contributed by atoms with Crippen LogP contribution in [0.15, 0.2) is 23.2 Å². The summed E-state index contributed by atoms with van der Waals surface area (Å²) in [5, 5.41) is 3.05. The van der Waals surface area contributed by atoms with Crippen molar-refractivity contribution >= 4 is 15.8 Å². The molecule has 6 nitrogen and oxygen atoms in total. The first-order chi connectivity index (χ1) is 9.95. The smallest absolute Gasteiger partial charge is 0.243 e. The molecule has 1 aromatic heterocycles. The molecule has 0 amide bonds. The summed E-state index contributed by atoms with van der Waals surface area (Å²) < 4.78 is 27.3. The molecule has 0 spiro atoms. The molecule has 1 aliphatic heterocycles. The van der Waals surface area contributed by atoms with E-state index in [0.29, 0.717) is 23.8 Å². The second-order valence-corrected chi connectivity index (χ2v) is 7.38. The lowest BCUT2D eigenvalue weighted by atomic mass is 10.3. The highest BCUT2D eigenvalue weighted by molar-refractivity contribution is 7.89. The van der Waals surface area contributed by atoms with E-state index in [1.165, 1.54) is 0 Å². The highest BCUT2D eigenvalue weighted by Gasteiger charge is 2.31. The second kappa shape index (κ2) is 6.72. The number of hydrogen-bond acceptors (Lipinski definition) is 5. The SMILES string of the molecule is CCNc1cc(S(=O)(=O)N2CCCN(C)CC2C)ccn1. The molecule has 1 fully saturated rings. The predicted molar refractivity (Wildman–Crippen MR) is 83.9 cm³/mol. The molecule has 2 heterocycles. The zero-order valence-electron chi connectivity index (χ0n) is 12.9. The Balaban J connectivity index is 2.30. The zero-order valence-corrected chi connectivity index (χ0v) is 13.7. The molecule has 0 bridgehead atoms. The second-order valence-electron chi connectivity index (χ2n) is 5.49. The molecule has 0 aliphatic carbocycles. The van der Waals surface area contributed by atoms with Crippen LogP contribution in [-0.2, 0) is 10.0 Å². The summed E-state index contributed by atoms with van der Waals surface area (Å²) in [4.78, 5) is 6.62. The maximum atomic E-state index is 12.9. The van der Waals surface area contributed by atoms with Gasteiger partial charge in [0.05, 0.1) is 4.90 Å². The van der Waals surface area contributed by atoms with Gasteiger partial charge in [-0.15, -0.1) is 0 Å². The van der Waals surface area contributed by atoms with Crippen LogP contribution < -0.4 is 5.32 Å². The summed E-state index contributed by atoms with van der Waals surface area (Å²) in [6.45, 7) is 6.87. The van der Waals surface area contributed by atoms with Crippen LogP contribution in [0.1, 0.15) is 20.3 Å². The van der Waals surface area contributed by atoms with Crippen molar-refractivity contribution in [1.82, 2.24) is 14.2 Å². The number of rotatable bonds is 4. The van der Waals surface area contributed by atoms with Crippen LogP contribution in [-0.4, -0.2) is 61.9 Å². The highest BCUT2D eigenvalue weighted by atomic mass is 32.2. The van der Waals surface area contributed by atoms with Crippen LogP contribution in [0.2, 0.25) is 0 Å². The first kappa shape index (κ1) is 16.2. The van der Waals surface area contributed by atoms with Gasteiger partial charge in [0.25, 0.3) is 0 Å². The van der Waals surface area contributed by atoms with E-state index in [9.17, 15) is 8.42 Å². The molecule has 1 saturated heterocycles. The molecule has 1 atom stereocenters. The predicted octanol–water partition coefficient (Wildman–Crippen LogP) is 1.23. The number of sulfonamides is 1. The van der Waals surface area contributed by atoms with E-state index in [1.54, 1.807) is 22.6 Å². The summed E-state index contributed by atoms with van der Waals surface area (Å²) in [7, 11) is -1.44. The molecule has 118 valence electrons. The van der Waals surface area contributed by atoms with Crippen molar-refractivity contribution in [1.29, 1.82) is 0 Å². The standard InChI is InChI=1S/C14H24N4O2S/c1-4-15-14-10-13(6-7-16-14)21(19,20)18-9-5-8-17(3)11-12(18)2/h6-7,10,12H,4-5,8-9,11H2,1-3H3,(H,15,16). The lowest BCUT2D eigenvalue weighted by molar-refractivity contribution is 0.290. The maximum Gasteiger partial charge on any atom is 0.243 e. The van der Waals surface area contributed by atoms with Gasteiger partial charge in [0, 0.05) is 37.9 Å². The lowest BCUT2D eigenvalue weighted by Gasteiger charge is -2.27. The molecule has 0 radical (unpaired) electrons. The number of aromatic nitrogens is 1. The summed E-state index contributed by atoms with van der Waals surface area (Å²) in [5.41, 5.74) is 0. The topological polar surface area (TPSA) is 65.5 Å². The van der Waals surface area contributed by atoms with Crippen molar-refractivity contribution in [2.45, 2.75) is 31.2 Å². The Morgan fingerprint density at radius 2 is 2.19 bits per heavy atom. The Morgan fingerprint density at radius 1 is 1.43 bits per heavy atom. The minimum atomic E-state index is -3.47. The van der Waals surface area contributed by atoms with Gasteiger partial charge in [-0.05, 0) is 39.9 Å². The van der Waals surface area contributed by atoms with Crippen LogP contribution in [0.3, 0.4) is 0 Å². The molecular weight excluding hydrogens is 288 g/mol. The van der Waals surface area contributed by atoms with E-state index in [1.807, 2.05) is 20.9 Å². The van der Waals surface area contributed by atoms with Crippen molar-refractivity contribution in [2.24, 2.45) is 0 Å². The number of nitrogens with one attached hydrogen (secondary N) is 1. The summed E-state index contributed by atoms with van der Waals surface area (Å²) in [5.74, 6) is 0.596. The molecule has 1 aliphatic rings. The number of pyridine rings is 1. The van der Waals surface area contributed by atoms with E-state index in [-0.39, 0.29) is 6.04 Å². The fourth-order valence-corrected chi connectivity index (χ4v) is 4.37. The third kappa shape index (κ3) is 3.72. The van der Waals surface area contributed by atoms with E-state index in [0.717, 1.165) is 19.5 Å². The van der Waals surface area contributed by atoms with Crippen LogP contribution >= 0.6 is 0 Å². The first-order valence-electron chi connectivity index (χ1n) is 7.35. The van der Waals surface area contributed by atoms with Gasteiger partial charge in [-0.25, -0.2) is 13.4 Å². The van der Waals surface area contributed by atoms with Gasteiger partial charge in [-0.2, -0.15) is 4.31 Å². The Bertz CT molecular complexity index is 576. The maximum absolute atomic E-state index is 12.9. The quantitative estimate of drug-likeness (QED) is 0.906. The van der Waals surface area contributed by atoms with Crippen molar-refractivity contribution in [3.8, 4) is 0 Å². The van der Waals surface area contributed by atoms with Crippen LogP contribution in [0, 0.1) is 0 Å². The van der Waals surface area contributed by atoms with Crippen molar-refractivity contribution in [3.63, 3.8) is 0 Å². The minimum absolute atomic E-state index is 0.0294. The molecular formula is C14H24N4O2S. The molecule has 1 N–H and O–H groups in total. The summed E-state index contributed by atoms with van der Waals surface area (Å²) in [6, 6.07) is 3.15. The van der Waals surface area contributed by atoms with Gasteiger partial charge in [-0.3, -0.25) is 0 Å². The number of likely N-dealkylation sites (N-methyl/N-ethyl adjacent to an activating group) is 1. The average molecular weight is 312 g/mol. The Kier molecular flexibility index (Phi) is 5.18. The fourth-order valence-electron chi connectivity index (χ4n) is 2.69. The van der Waals surface area contributed by atoms with Gasteiger partial charge in [0.2, 0.25) is 10.0 Å². The van der Waals surface area contributed by atoms with Crippen LogP contribution in [0.5, 0.6) is 0 Å². The summed E-state index contributed by atoms with van der Waals surface area (Å²) >= 11 is 0. The van der Waals surface area contributed by atoms with E-state index >= 15 is 0 Å². The van der Waals surface area contributed by atoms with Gasteiger partial charge >= 0.3 is 0 Å². The van der Waals surface area contributed by atoms with Gasteiger partial charge in [-0.1, -0.05) is 0 Å². The Morgan fingerprint density at radius 3 is 2.90 bits per heavy atom. The fraction of sp³-hybridized carbons (Fsp3) is 0.643. The Hall–Kier alpha value is -1.18. The third-order valence-electron chi connectivity index (χ3n) is 3.68. The monoisotopic (exact) mass is 312 g/mol. The Labute approximate surface area is 127 Å². The zero-order chi connectivity index (χ0) is 15.5. The normalized spacial score (nSPS) is 22.0. The van der Waals surface area contributed by atoms with Crippen molar-refractivity contribution in [2.75, 3.05) is 38.5 Å². The van der Waals surface area contributed by atoms with Gasteiger partial charge in [0.15, 0.2) is 0 Å². The van der Waals surface area contributed by atoms with Crippen LogP contribution in [0.25, 0.3) is 0 Å². The first-order valence-corrected chi connectivity index (χ1v) is 8.79. The number of anilines is 1. The highest BCUT2D eigenvalue weighted by Crippen LogP contribution is 2.22. The van der Waals surface area contributed by atoms with Gasteiger partial charge < -0.3 is 10.2 Å². The summed E-state index contributed by atoms with van der Waals surface area (Å²) in [6.07, 6.45) is 2.39. The number of hydrogen-bond donors (Lipinski definition) is 1. The van der Waals surface area contributed by atoms with Crippen LogP contribution in [0.4, 0.5) is 5.82 Å². The third-order valence-corrected chi connectivity index (χ3v) is 5.69. The van der Waals surface area contributed by atoms with Crippen molar-refractivity contribution in [3.05, 3.63) is 18.3 Å².